The smallest absolute Gasteiger partial charge is 0.410 e. The van der Waals surface area contributed by atoms with Crippen LogP contribution in [0.25, 0.3) is 0 Å². The van der Waals surface area contributed by atoms with E-state index >= 15 is 0 Å². The number of likely N-dealkylation sites (tertiary alicyclic amines) is 1. The van der Waals surface area contributed by atoms with Gasteiger partial charge in [-0.1, -0.05) is 18.3 Å². The van der Waals surface area contributed by atoms with Gasteiger partial charge in [-0.3, -0.25) is 0 Å². The molecule has 0 radical (unpaired) electrons. The standard InChI is InChI=1S/C15H22N2O2S/c1-15(2,3)19-14(18)17-10-5-4-8-12(17)11-7-6-9-16-13(11)20/h6-7,9,12H,4-5,8,10H2,1-3H3,(H,16,20)/t12-/m0/s1. The van der Waals surface area contributed by atoms with E-state index in [1.807, 2.05) is 44.0 Å². The molecule has 0 spiro atoms. The number of H-pyrrole nitrogens is 1. The van der Waals surface area contributed by atoms with Gasteiger partial charge in [-0.05, 0) is 46.1 Å². The number of ether oxygens (including phenoxy) is 1. The van der Waals surface area contributed by atoms with Crippen molar-refractivity contribution in [2.24, 2.45) is 0 Å². The summed E-state index contributed by atoms with van der Waals surface area (Å²) in [5.41, 5.74) is 0.534. The fourth-order valence-electron chi connectivity index (χ4n) is 2.49. The summed E-state index contributed by atoms with van der Waals surface area (Å²) in [6.07, 6.45) is 4.61. The van der Waals surface area contributed by atoms with E-state index in [1.54, 1.807) is 0 Å². The molecule has 0 unspecified atom stereocenters. The Hall–Kier alpha value is -1.36. The van der Waals surface area contributed by atoms with Crippen molar-refractivity contribution in [2.75, 3.05) is 6.54 Å². The lowest BCUT2D eigenvalue weighted by molar-refractivity contribution is 0.00943. The maximum absolute atomic E-state index is 12.4. The van der Waals surface area contributed by atoms with E-state index in [0.29, 0.717) is 4.64 Å². The van der Waals surface area contributed by atoms with E-state index in [1.165, 1.54) is 0 Å². The van der Waals surface area contributed by atoms with Gasteiger partial charge in [-0.15, -0.1) is 0 Å². The number of carbonyl (C=O) groups excluding carboxylic acids is 1. The molecule has 2 heterocycles. The number of hydrogen-bond acceptors (Lipinski definition) is 3. The number of rotatable bonds is 1. The highest BCUT2D eigenvalue weighted by atomic mass is 32.1. The number of aromatic amines is 1. The molecule has 20 heavy (non-hydrogen) atoms. The van der Waals surface area contributed by atoms with E-state index in [2.05, 4.69) is 4.98 Å². The summed E-state index contributed by atoms with van der Waals surface area (Å²) in [6, 6.07) is 3.93. The second-order valence-corrected chi connectivity index (χ2v) is 6.55. The van der Waals surface area contributed by atoms with Crippen molar-refractivity contribution >= 4 is 18.3 Å². The number of hydrogen-bond donors (Lipinski definition) is 1. The Labute approximate surface area is 125 Å². The van der Waals surface area contributed by atoms with Crippen LogP contribution in [0, 0.1) is 4.64 Å². The molecule has 1 amide bonds. The number of piperidine rings is 1. The Morgan fingerprint density at radius 2 is 2.20 bits per heavy atom. The molecule has 1 aromatic rings. The Balaban J connectivity index is 2.24. The predicted molar refractivity (Wildman–Crippen MR) is 81.2 cm³/mol. The van der Waals surface area contributed by atoms with Gasteiger partial charge >= 0.3 is 6.09 Å². The number of amides is 1. The lowest BCUT2D eigenvalue weighted by Gasteiger charge is -2.36. The summed E-state index contributed by atoms with van der Waals surface area (Å²) in [7, 11) is 0. The van der Waals surface area contributed by atoms with Crippen LogP contribution in [0.15, 0.2) is 18.3 Å². The largest absolute Gasteiger partial charge is 0.444 e. The molecule has 4 nitrogen and oxygen atoms in total. The molecule has 110 valence electrons. The summed E-state index contributed by atoms with van der Waals surface area (Å²) in [5, 5.41) is 0. The summed E-state index contributed by atoms with van der Waals surface area (Å²) in [4.78, 5) is 17.2. The Morgan fingerprint density at radius 3 is 2.85 bits per heavy atom. The number of carbonyl (C=O) groups is 1. The second-order valence-electron chi connectivity index (χ2n) is 6.14. The number of nitrogens with one attached hydrogen (secondary N) is 1. The zero-order valence-electron chi connectivity index (χ0n) is 12.3. The van der Waals surface area contributed by atoms with Gasteiger partial charge in [0.25, 0.3) is 0 Å². The van der Waals surface area contributed by atoms with E-state index in [4.69, 9.17) is 17.0 Å². The van der Waals surface area contributed by atoms with Gasteiger partial charge < -0.3 is 14.6 Å². The van der Waals surface area contributed by atoms with Gasteiger partial charge in [-0.25, -0.2) is 4.79 Å². The van der Waals surface area contributed by atoms with E-state index in [-0.39, 0.29) is 12.1 Å². The van der Waals surface area contributed by atoms with Crippen LogP contribution in [0.4, 0.5) is 4.79 Å². The SMILES string of the molecule is CC(C)(C)OC(=O)N1CCCC[C@H]1c1ccc[nH]c1=S. The summed E-state index contributed by atoms with van der Waals surface area (Å²) in [6.45, 7) is 6.39. The molecule has 1 aliphatic rings. The van der Waals surface area contributed by atoms with Crippen molar-refractivity contribution in [3.8, 4) is 0 Å². The maximum Gasteiger partial charge on any atom is 0.410 e. The molecule has 1 aliphatic heterocycles. The second kappa shape index (κ2) is 5.95. The fraction of sp³-hybridized carbons (Fsp3) is 0.600. The van der Waals surface area contributed by atoms with Crippen LogP contribution in [0.1, 0.15) is 51.6 Å². The Morgan fingerprint density at radius 1 is 1.45 bits per heavy atom. The van der Waals surface area contributed by atoms with Gasteiger partial charge in [0, 0.05) is 18.3 Å². The van der Waals surface area contributed by atoms with Crippen molar-refractivity contribution in [3.63, 3.8) is 0 Å². The minimum absolute atomic E-state index is 0.0172. The molecular formula is C15H22N2O2S. The quantitative estimate of drug-likeness (QED) is 0.789. The number of aromatic nitrogens is 1. The van der Waals surface area contributed by atoms with Crippen molar-refractivity contribution in [1.29, 1.82) is 0 Å². The highest BCUT2D eigenvalue weighted by Crippen LogP contribution is 2.32. The summed E-state index contributed by atoms with van der Waals surface area (Å²) >= 11 is 5.35. The van der Waals surface area contributed by atoms with E-state index < -0.39 is 5.60 Å². The first-order valence-electron chi connectivity index (χ1n) is 7.06. The van der Waals surface area contributed by atoms with E-state index in [0.717, 1.165) is 31.4 Å². The predicted octanol–water partition coefficient (Wildman–Crippen LogP) is 4.21. The van der Waals surface area contributed by atoms with Gasteiger partial charge in [0.1, 0.15) is 10.2 Å². The third-order valence-electron chi connectivity index (χ3n) is 3.34. The molecule has 0 aliphatic carbocycles. The lowest BCUT2D eigenvalue weighted by Crippen LogP contribution is -2.42. The van der Waals surface area contributed by atoms with Gasteiger partial charge in [0.15, 0.2) is 0 Å². The lowest BCUT2D eigenvalue weighted by atomic mass is 9.97. The van der Waals surface area contributed by atoms with Gasteiger partial charge in [0.2, 0.25) is 0 Å². The molecule has 1 aromatic heterocycles. The van der Waals surface area contributed by atoms with Gasteiger partial charge in [0.05, 0.1) is 6.04 Å². The molecule has 1 fully saturated rings. The van der Waals surface area contributed by atoms with Crippen LogP contribution in [-0.2, 0) is 4.74 Å². The topological polar surface area (TPSA) is 45.3 Å². The molecule has 2 rings (SSSR count). The zero-order valence-corrected chi connectivity index (χ0v) is 13.1. The third kappa shape index (κ3) is 3.60. The minimum Gasteiger partial charge on any atom is -0.444 e. The molecule has 5 heteroatoms. The first-order chi connectivity index (χ1) is 9.38. The average molecular weight is 294 g/mol. The van der Waals surface area contributed by atoms with Crippen LogP contribution in [-0.4, -0.2) is 28.1 Å². The van der Waals surface area contributed by atoms with Crippen LogP contribution in [0.3, 0.4) is 0 Å². The van der Waals surface area contributed by atoms with Crippen molar-refractivity contribution < 1.29 is 9.53 Å². The highest BCUT2D eigenvalue weighted by molar-refractivity contribution is 7.71. The summed E-state index contributed by atoms with van der Waals surface area (Å²) < 4.78 is 6.21. The van der Waals surface area contributed by atoms with E-state index in [9.17, 15) is 4.79 Å². The first kappa shape index (κ1) is 15.0. The Kier molecular flexibility index (Phi) is 4.48. The van der Waals surface area contributed by atoms with Crippen molar-refractivity contribution in [1.82, 2.24) is 9.88 Å². The molecular weight excluding hydrogens is 272 g/mol. The molecule has 0 bridgehead atoms. The molecule has 1 saturated heterocycles. The molecule has 1 atom stereocenters. The third-order valence-corrected chi connectivity index (χ3v) is 3.69. The van der Waals surface area contributed by atoms with Crippen molar-refractivity contribution in [3.05, 3.63) is 28.5 Å². The van der Waals surface area contributed by atoms with Crippen molar-refractivity contribution in [2.45, 2.75) is 51.7 Å². The van der Waals surface area contributed by atoms with Crippen LogP contribution in [0.2, 0.25) is 0 Å². The molecule has 0 aromatic carbocycles. The van der Waals surface area contributed by atoms with Crippen LogP contribution in [0.5, 0.6) is 0 Å². The maximum atomic E-state index is 12.4. The number of pyridine rings is 1. The fourth-order valence-corrected chi connectivity index (χ4v) is 2.76. The normalized spacial score (nSPS) is 19.8. The average Bonchev–Trinajstić information content (AvgIpc) is 2.37. The minimum atomic E-state index is -0.474. The first-order valence-corrected chi connectivity index (χ1v) is 7.46. The molecule has 1 N–H and O–H groups in total. The molecule has 0 saturated carbocycles. The summed E-state index contributed by atoms with van der Waals surface area (Å²) in [5.74, 6) is 0. The highest BCUT2D eigenvalue weighted by Gasteiger charge is 2.31. The monoisotopic (exact) mass is 294 g/mol. The Bertz CT molecular complexity index is 533. The number of nitrogens with zero attached hydrogens (tertiary/aromatic N) is 1. The zero-order chi connectivity index (χ0) is 14.8. The van der Waals surface area contributed by atoms with Crippen LogP contribution < -0.4 is 0 Å². The van der Waals surface area contributed by atoms with Gasteiger partial charge in [-0.2, -0.15) is 0 Å². The van der Waals surface area contributed by atoms with Crippen LogP contribution >= 0.6 is 12.2 Å².